The highest BCUT2D eigenvalue weighted by Crippen LogP contribution is 2.68. The molecular formula is C29H48O3. The van der Waals surface area contributed by atoms with Gasteiger partial charge in [0.25, 0.3) is 0 Å². The monoisotopic (exact) mass is 444 g/mol. The Labute approximate surface area is 196 Å². The van der Waals surface area contributed by atoms with Gasteiger partial charge in [0.2, 0.25) is 0 Å². The summed E-state index contributed by atoms with van der Waals surface area (Å²) < 4.78 is 5.55. The van der Waals surface area contributed by atoms with E-state index in [0.717, 1.165) is 49.4 Å². The lowest BCUT2D eigenvalue weighted by molar-refractivity contribution is -0.169. The highest BCUT2D eigenvalue weighted by atomic mass is 16.5. The smallest absolute Gasteiger partial charge is 0.302 e. The van der Waals surface area contributed by atoms with Gasteiger partial charge in [-0.2, -0.15) is 0 Å². The molecule has 0 aromatic carbocycles. The van der Waals surface area contributed by atoms with Gasteiger partial charge in [0.05, 0.1) is 0 Å². The maximum Gasteiger partial charge on any atom is 0.302 e. The Morgan fingerprint density at radius 3 is 2.38 bits per heavy atom. The van der Waals surface area contributed by atoms with Gasteiger partial charge in [0, 0.05) is 19.3 Å². The first kappa shape index (κ1) is 24.3. The molecule has 0 amide bonds. The summed E-state index contributed by atoms with van der Waals surface area (Å²) in [5.74, 6) is 4.81. The van der Waals surface area contributed by atoms with Crippen molar-refractivity contribution in [3.63, 3.8) is 0 Å². The molecule has 4 saturated carbocycles. The minimum Gasteiger partial charge on any atom is -0.463 e. The van der Waals surface area contributed by atoms with Crippen LogP contribution >= 0.6 is 0 Å². The van der Waals surface area contributed by atoms with Crippen LogP contribution in [0, 0.1) is 52.3 Å². The van der Waals surface area contributed by atoms with Crippen LogP contribution in [0.4, 0.5) is 0 Å². The standard InChI is InChI=1S/C29H48O3/c1-18(2)8-7-9-19(3)23-10-11-24-22-17-27(31)26-16-21(32-20(4)30)12-14-29(26,6)25(22)13-15-28(23,24)5/h18-19,21-26H,7-17H2,1-6H3/t19-,21+,22-,23+,24+,25-,26-,28-,29-/m1/s1. The van der Waals surface area contributed by atoms with E-state index in [9.17, 15) is 9.59 Å². The van der Waals surface area contributed by atoms with Crippen molar-refractivity contribution in [2.75, 3.05) is 0 Å². The third kappa shape index (κ3) is 4.20. The summed E-state index contributed by atoms with van der Waals surface area (Å²) in [5, 5.41) is 0. The molecule has 4 aliphatic rings. The molecule has 0 spiro atoms. The van der Waals surface area contributed by atoms with E-state index in [2.05, 4.69) is 34.6 Å². The van der Waals surface area contributed by atoms with Crippen molar-refractivity contribution in [2.24, 2.45) is 52.3 Å². The van der Waals surface area contributed by atoms with E-state index in [0.29, 0.717) is 23.0 Å². The summed E-state index contributed by atoms with van der Waals surface area (Å²) in [6.07, 6.45) is 12.9. The average Bonchev–Trinajstić information content (AvgIpc) is 3.06. The Morgan fingerprint density at radius 1 is 1.00 bits per heavy atom. The second-order valence-electron chi connectivity index (χ2n) is 13.1. The van der Waals surface area contributed by atoms with E-state index in [1.54, 1.807) is 0 Å². The highest BCUT2D eigenvalue weighted by molar-refractivity contribution is 5.83. The highest BCUT2D eigenvalue weighted by Gasteiger charge is 2.62. The van der Waals surface area contributed by atoms with Gasteiger partial charge >= 0.3 is 5.97 Å². The summed E-state index contributed by atoms with van der Waals surface area (Å²) >= 11 is 0. The van der Waals surface area contributed by atoms with Gasteiger partial charge in [0.15, 0.2) is 0 Å². The summed E-state index contributed by atoms with van der Waals surface area (Å²) in [5.41, 5.74) is 0.537. The van der Waals surface area contributed by atoms with Crippen LogP contribution in [0.1, 0.15) is 112 Å². The lowest BCUT2D eigenvalue weighted by Gasteiger charge is -2.60. The second kappa shape index (κ2) is 9.06. The van der Waals surface area contributed by atoms with Crippen LogP contribution in [0.25, 0.3) is 0 Å². The molecule has 4 rings (SSSR count). The van der Waals surface area contributed by atoms with Gasteiger partial charge in [-0.05, 0) is 91.3 Å². The van der Waals surface area contributed by atoms with Crippen LogP contribution in [0.15, 0.2) is 0 Å². The maximum atomic E-state index is 13.5. The third-order valence-electron chi connectivity index (χ3n) is 10.9. The molecule has 0 N–H and O–H groups in total. The quantitative estimate of drug-likeness (QED) is 0.406. The number of hydrogen-bond acceptors (Lipinski definition) is 3. The first-order valence-electron chi connectivity index (χ1n) is 13.8. The summed E-state index contributed by atoms with van der Waals surface area (Å²) in [6.45, 7) is 13.7. The topological polar surface area (TPSA) is 43.4 Å². The fourth-order valence-corrected chi connectivity index (χ4v) is 9.37. The summed E-state index contributed by atoms with van der Waals surface area (Å²) in [6, 6.07) is 0. The number of ether oxygens (including phenoxy) is 1. The molecule has 3 heteroatoms. The van der Waals surface area contributed by atoms with E-state index in [4.69, 9.17) is 4.74 Å². The molecule has 3 nitrogen and oxygen atoms in total. The predicted octanol–water partition coefficient (Wildman–Crippen LogP) is 7.22. The van der Waals surface area contributed by atoms with Crippen LogP contribution in [-0.2, 0) is 14.3 Å². The minimum atomic E-state index is -0.201. The molecule has 4 fully saturated rings. The molecule has 0 aromatic heterocycles. The van der Waals surface area contributed by atoms with Gasteiger partial charge in [0.1, 0.15) is 11.9 Å². The van der Waals surface area contributed by atoms with Gasteiger partial charge < -0.3 is 4.74 Å². The first-order chi connectivity index (χ1) is 15.1. The number of hydrogen-bond donors (Lipinski definition) is 0. The van der Waals surface area contributed by atoms with E-state index < -0.39 is 0 Å². The normalized spacial score (nSPS) is 44.5. The number of rotatable bonds is 6. The molecule has 0 aliphatic heterocycles. The van der Waals surface area contributed by atoms with Crippen molar-refractivity contribution in [2.45, 2.75) is 118 Å². The zero-order chi connectivity index (χ0) is 23.3. The Bertz CT molecular complexity index is 713. The summed E-state index contributed by atoms with van der Waals surface area (Å²) in [7, 11) is 0. The van der Waals surface area contributed by atoms with E-state index in [1.807, 2.05) is 0 Å². The maximum absolute atomic E-state index is 13.5. The van der Waals surface area contributed by atoms with Gasteiger partial charge in [-0.15, -0.1) is 0 Å². The fraction of sp³-hybridized carbons (Fsp3) is 0.931. The molecule has 0 aromatic rings. The number of ketones is 1. The Morgan fingerprint density at radius 2 is 1.69 bits per heavy atom. The van der Waals surface area contributed by atoms with Gasteiger partial charge in [-0.25, -0.2) is 0 Å². The largest absolute Gasteiger partial charge is 0.463 e. The predicted molar refractivity (Wildman–Crippen MR) is 129 cm³/mol. The van der Waals surface area contributed by atoms with Crippen LogP contribution in [0.3, 0.4) is 0 Å². The van der Waals surface area contributed by atoms with Crippen molar-refractivity contribution in [1.29, 1.82) is 0 Å². The Hall–Kier alpha value is -0.860. The van der Waals surface area contributed by atoms with Crippen LogP contribution in [-0.4, -0.2) is 17.9 Å². The zero-order valence-corrected chi connectivity index (χ0v) is 21.6. The first-order valence-corrected chi connectivity index (χ1v) is 13.8. The Kier molecular flexibility index (Phi) is 6.87. The molecule has 182 valence electrons. The number of esters is 1. The van der Waals surface area contributed by atoms with Gasteiger partial charge in [-0.3, -0.25) is 9.59 Å². The van der Waals surface area contributed by atoms with Crippen LogP contribution in [0.2, 0.25) is 0 Å². The molecule has 0 radical (unpaired) electrons. The van der Waals surface area contributed by atoms with Crippen molar-refractivity contribution in [3.8, 4) is 0 Å². The summed E-state index contributed by atoms with van der Waals surface area (Å²) in [4.78, 5) is 25.0. The number of carbonyl (C=O) groups is 2. The second-order valence-corrected chi connectivity index (χ2v) is 13.1. The van der Waals surface area contributed by atoms with Crippen molar-refractivity contribution in [3.05, 3.63) is 0 Å². The Balaban J connectivity index is 1.48. The van der Waals surface area contributed by atoms with Crippen molar-refractivity contribution < 1.29 is 14.3 Å². The zero-order valence-electron chi connectivity index (χ0n) is 21.6. The molecular weight excluding hydrogens is 396 g/mol. The van der Waals surface area contributed by atoms with Crippen molar-refractivity contribution in [1.82, 2.24) is 0 Å². The van der Waals surface area contributed by atoms with E-state index >= 15 is 0 Å². The SMILES string of the molecule is CC(=O)O[C@H]1CC[C@@]2(C)[C@H](C1)C(=O)C[C@H]1[C@H]2CC[C@@]2(C)[C@H]1CC[C@H]2[C@H](C)CCCC(C)C. The molecule has 0 heterocycles. The van der Waals surface area contributed by atoms with Gasteiger partial charge in [-0.1, -0.05) is 53.9 Å². The lowest BCUT2D eigenvalue weighted by Crippen LogP contribution is -2.57. The lowest BCUT2D eigenvalue weighted by atomic mass is 9.44. The molecule has 0 unspecified atom stereocenters. The van der Waals surface area contributed by atoms with Crippen molar-refractivity contribution >= 4 is 11.8 Å². The minimum absolute atomic E-state index is 0.0533. The van der Waals surface area contributed by atoms with Crippen LogP contribution < -0.4 is 0 Å². The number of carbonyl (C=O) groups excluding carboxylic acids is 2. The average molecular weight is 445 g/mol. The molecule has 4 aliphatic carbocycles. The van der Waals surface area contributed by atoms with Crippen LogP contribution in [0.5, 0.6) is 0 Å². The molecule has 0 saturated heterocycles. The number of Topliss-reactive ketones (excluding diaryl/α,β-unsaturated/α-hetero) is 1. The molecule has 9 atom stereocenters. The molecule has 32 heavy (non-hydrogen) atoms. The fourth-order valence-electron chi connectivity index (χ4n) is 9.37. The molecule has 0 bridgehead atoms. The van der Waals surface area contributed by atoms with E-state index in [-0.39, 0.29) is 23.4 Å². The number of fused-ring (bicyclic) bond motifs is 5. The van der Waals surface area contributed by atoms with E-state index in [1.165, 1.54) is 51.9 Å². The third-order valence-corrected chi connectivity index (χ3v) is 10.9.